The Balaban J connectivity index is 2.57. The van der Waals surface area contributed by atoms with Gasteiger partial charge in [-0.1, -0.05) is 60.7 Å². The molecule has 0 saturated carbocycles. The number of nitrogens with zero attached hydrogens (tertiary/aromatic N) is 2. The van der Waals surface area contributed by atoms with Crippen molar-refractivity contribution in [1.29, 1.82) is 10.5 Å². The lowest BCUT2D eigenvalue weighted by molar-refractivity contribution is 1.48. The Bertz CT molecular complexity index is 712. The van der Waals surface area contributed by atoms with Crippen LogP contribution in [-0.4, -0.2) is 0 Å². The van der Waals surface area contributed by atoms with Gasteiger partial charge in [-0.25, -0.2) is 0 Å². The molecule has 2 aromatic rings. The van der Waals surface area contributed by atoms with Crippen molar-refractivity contribution in [2.45, 2.75) is 0 Å². The van der Waals surface area contributed by atoms with Gasteiger partial charge in [0.15, 0.2) is 0 Å². The van der Waals surface area contributed by atoms with Crippen molar-refractivity contribution < 1.29 is 0 Å². The summed E-state index contributed by atoms with van der Waals surface area (Å²) < 4.78 is 0. The van der Waals surface area contributed by atoms with Crippen LogP contribution >= 0.6 is 0 Å². The second kappa shape index (κ2) is 6.73. The standard InChI is InChI=1S/C18H12N2/c19-12-11-17(14-20)18(16-9-5-2-6-10-16)13-15-7-3-1-4-8-15/h1-11,13H. The van der Waals surface area contributed by atoms with E-state index in [4.69, 9.17) is 5.26 Å². The van der Waals surface area contributed by atoms with E-state index in [1.807, 2.05) is 72.8 Å². The Morgan fingerprint density at radius 2 is 1.45 bits per heavy atom. The lowest BCUT2D eigenvalue weighted by Gasteiger charge is -2.06. The van der Waals surface area contributed by atoms with Gasteiger partial charge < -0.3 is 0 Å². The molecule has 0 saturated heterocycles. The minimum absolute atomic E-state index is 0.363. The van der Waals surface area contributed by atoms with Gasteiger partial charge in [0.05, 0.1) is 11.6 Å². The molecule has 0 radical (unpaired) electrons. The van der Waals surface area contributed by atoms with Gasteiger partial charge in [-0.3, -0.25) is 0 Å². The van der Waals surface area contributed by atoms with Crippen LogP contribution < -0.4 is 0 Å². The predicted octanol–water partition coefficient (Wildman–Crippen LogP) is 4.20. The molecule has 0 aliphatic rings. The van der Waals surface area contributed by atoms with E-state index in [1.54, 1.807) is 0 Å². The summed E-state index contributed by atoms with van der Waals surface area (Å²) in [5, 5.41) is 18.1. The van der Waals surface area contributed by atoms with Crippen LogP contribution in [0.3, 0.4) is 0 Å². The van der Waals surface area contributed by atoms with Crippen molar-refractivity contribution in [2.75, 3.05) is 0 Å². The zero-order valence-corrected chi connectivity index (χ0v) is 10.8. The van der Waals surface area contributed by atoms with E-state index in [2.05, 4.69) is 6.07 Å². The second-order valence-corrected chi connectivity index (χ2v) is 4.13. The summed E-state index contributed by atoms with van der Waals surface area (Å²) in [4.78, 5) is 0. The number of hydrogen-bond acceptors (Lipinski definition) is 2. The minimum atomic E-state index is 0.363. The van der Waals surface area contributed by atoms with Crippen molar-refractivity contribution >= 4 is 11.6 Å². The topological polar surface area (TPSA) is 47.6 Å². The molecular weight excluding hydrogens is 244 g/mol. The summed E-state index contributed by atoms with van der Waals surface area (Å²) in [5.41, 5.74) is 3.02. The largest absolute Gasteiger partial charge is 0.193 e. The highest BCUT2D eigenvalue weighted by molar-refractivity contribution is 5.93. The molecule has 94 valence electrons. The smallest absolute Gasteiger partial charge is 0.101 e. The molecule has 0 spiro atoms. The van der Waals surface area contributed by atoms with Gasteiger partial charge in [0.25, 0.3) is 0 Å². The Labute approximate surface area is 118 Å². The summed E-state index contributed by atoms with van der Waals surface area (Å²) >= 11 is 0. The van der Waals surface area contributed by atoms with Crippen LogP contribution in [0.15, 0.2) is 72.3 Å². The molecule has 0 heterocycles. The molecule has 0 bridgehead atoms. The first-order chi connectivity index (χ1) is 9.85. The van der Waals surface area contributed by atoms with Crippen LogP contribution in [0.5, 0.6) is 0 Å². The molecule has 0 unspecified atom stereocenters. The van der Waals surface area contributed by atoms with E-state index in [-0.39, 0.29) is 0 Å². The Hall–Kier alpha value is -3.10. The number of benzene rings is 2. The van der Waals surface area contributed by atoms with Crippen molar-refractivity contribution in [2.24, 2.45) is 0 Å². The third kappa shape index (κ3) is 3.22. The van der Waals surface area contributed by atoms with Crippen LogP contribution in [0.25, 0.3) is 11.6 Å². The average Bonchev–Trinajstić information content (AvgIpc) is 2.52. The molecule has 0 aromatic heterocycles. The number of nitriles is 2. The normalized spacial score (nSPS) is 11.5. The van der Waals surface area contributed by atoms with Gasteiger partial charge in [-0.05, 0) is 17.2 Å². The highest BCUT2D eigenvalue weighted by Crippen LogP contribution is 2.25. The zero-order chi connectivity index (χ0) is 14.2. The Morgan fingerprint density at radius 1 is 0.850 bits per heavy atom. The van der Waals surface area contributed by atoms with Gasteiger partial charge in [0.1, 0.15) is 6.07 Å². The fourth-order valence-corrected chi connectivity index (χ4v) is 1.89. The van der Waals surface area contributed by atoms with Crippen molar-refractivity contribution in [3.05, 3.63) is 83.4 Å². The van der Waals surface area contributed by atoms with Gasteiger partial charge in [0.2, 0.25) is 0 Å². The monoisotopic (exact) mass is 256 g/mol. The van der Waals surface area contributed by atoms with Crippen LogP contribution in [0.2, 0.25) is 0 Å². The maximum atomic E-state index is 9.26. The van der Waals surface area contributed by atoms with Crippen LogP contribution in [0.4, 0.5) is 0 Å². The molecule has 2 nitrogen and oxygen atoms in total. The zero-order valence-electron chi connectivity index (χ0n) is 10.8. The Morgan fingerprint density at radius 3 is 2.00 bits per heavy atom. The number of allylic oxidation sites excluding steroid dienone is 3. The van der Waals surface area contributed by atoms with Crippen LogP contribution in [-0.2, 0) is 0 Å². The van der Waals surface area contributed by atoms with Crippen molar-refractivity contribution in [3.63, 3.8) is 0 Å². The third-order valence-corrected chi connectivity index (χ3v) is 2.81. The summed E-state index contributed by atoms with van der Waals surface area (Å²) in [7, 11) is 0. The summed E-state index contributed by atoms with van der Waals surface area (Å²) in [6.07, 6.45) is 3.20. The predicted molar refractivity (Wildman–Crippen MR) is 80.1 cm³/mol. The van der Waals surface area contributed by atoms with E-state index in [0.717, 1.165) is 16.7 Å². The molecule has 0 aliphatic carbocycles. The van der Waals surface area contributed by atoms with E-state index < -0.39 is 0 Å². The van der Waals surface area contributed by atoms with Gasteiger partial charge in [-0.15, -0.1) is 0 Å². The van der Waals surface area contributed by atoms with Gasteiger partial charge in [-0.2, -0.15) is 10.5 Å². The lowest BCUT2D eigenvalue weighted by atomic mass is 9.96. The molecule has 0 atom stereocenters. The third-order valence-electron chi connectivity index (χ3n) is 2.81. The highest BCUT2D eigenvalue weighted by Gasteiger charge is 2.07. The summed E-state index contributed by atoms with van der Waals surface area (Å²) in [6, 6.07) is 23.4. The van der Waals surface area contributed by atoms with E-state index >= 15 is 0 Å². The maximum Gasteiger partial charge on any atom is 0.101 e. The molecule has 0 N–H and O–H groups in total. The van der Waals surface area contributed by atoms with E-state index in [9.17, 15) is 5.26 Å². The fraction of sp³-hybridized carbons (Fsp3) is 0. The maximum absolute atomic E-state index is 9.26. The lowest BCUT2D eigenvalue weighted by Crippen LogP contribution is -1.88. The SMILES string of the molecule is N#CC=C(C#N)C(=Cc1ccccc1)c1ccccc1. The molecule has 20 heavy (non-hydrogen) atoms. The molecule has 2 rings (SSSR count). The molecule has 0 fully saturated rings. The first-order valence-electron chi connectivity index (χ1n) is 6.17. The first kappa shape index (κ1) is 13.3. The molecule has 2 heteroatoms. The second-order valence-electron chi connectivity index (χ2n) is 4.13. The minimum Gasteiger partial charge on any atom is -0.193 e. The quantitative estimate of drug-likeness (QED) is 0.469. The molecule has 2 aromatic carbocycles. The number of rotatable bonds is 3. The van der Waals surface area contributed by atoms with Crippen LogP contribution in [0.1, 0.15) is 11.1 Å². The van der Waals surface area contributed by atoms with E-state index in [0.29, 0.717) is 5.57 Å². The first-order valence-corrected chi connectivity index (χ1v) is 6.17. The highest BCUT2D eigenvalue weighted by atomic mass is 14.3. The van der Waals surface area contributed by atoms with Gasteiger partial charge >= 0.3 is 0 Å². The molecular formula is C18H12N2. The van der Waals surface area contributed by atoms with Crippen molar-refractivity contribution in [1.82, 2.24) is 0 Å². The number of hydrogen-bond donors (Lipinski definition) is 0. The molecule has 0 aliphatic heterocycles. The average molecular weight is 256 g/mol. The fourth-order valence-electron chi connectivity index (χ4n) is 1.89. The summed E-state index contributed by atoms with van der Waals surface area (Å²) in [6.45, 7) is 0. The van der Waals surface area contributed by atoms with Crippen molar-refractivity contribution in [3.8, 4) is 12.1 Å². The summed E-state index contributed by atoms with van der Waals surface area (Å²) in [5.74, 6) is 0. The van der Waals surface area contributed by atoms with Crippen LogP contribution in [0, 0.1) is 22.7 Å². The van der Waals surface area contributed by atoms with Gasteiger partial charge in [0, 0.05) is 11.6 Å². The Kier molecular flexibility index (Phi) is 4.49. The molecule has 0 amide bonds. The van der Waals surface area contributed by atoms with E-state index in [1.165, 1.54) is 6.08 Å².